The summed E-state index contributed by atoms with van der Waals surface area (Å²) >= 11 is 0. The molecule has 1 aliphatic rings. The maximum Gasteiger partial charge on any atom is 0.199 e. The van der Waals surface area contributed by atoms with Crippen LogP contribution < -0.4 is 0 Å². The van der Waals surface area contributed by atoms with Crippen LogP contribution in [0.4, 0.5) is 0 Å². The van der Waals surface area contributed by atoms with Crippen molar-refractivity contribution in [1.29, 1.82) is 0 Å². The Hall–Kier alpha value is -1.31. The minimum Gasteiger partial charge on any atom is -0.394 e. The number of methoxy groups -OCH3 is 1. The minimum atomic E-state index is -1.98. The van der Waals surface area contributed by atoms with E-state index in [9.17, 15) is 15.0 Å². The van der Waals surface area contributed by atoms with Gasteiger partial charge in [-0.1, -0.05) is 30.3 Å². The second-order valence-electron chi connectivity index (χ2n) is 4.82. The third-order valence-electron chi connectivity index (χ3n) is 3.46. The summed E-state index contributed by atoms with van der Waals surface area (Å²) in [6.07, 6.45) is -3.53. The van der Waals surface area contributed by atoms with Gasteiger partial charge in [-0.25, -0.2) is 0 Å². The highest BCUT2D eigenvalue weighted by Crippen LogP contribution is 2.32. The standard InChI is InChI=1S/C14H18O6/c1-19-13-14(18,7-10(16)11(8-15)20-13)12(17)9-5-3-2-4-6-9/h2-6,10-11,13,15-16,18H,7-8H2,1H3/t10-,11+,13-,14-/m0/s1. The molecule has 1 fully saturated rings. The topological polar surface area (TPSA) is 96.2 Å². The molecule has 0 saturated carbocycles. The molecule has 4 atom stereocenters. The van der Waals surface area contributed by atoms with Crippen LogP contribution in [0.3, 0.4) is 0 Å². The molecule has 0 spiro atoms. The Morgan fingerprint density at radius 1 is 1.45 bits per heavy atom. The first-order valence-electron chi connectivity index (χ1n) is 6.32. The van der Waals surface area contributed by atoms with Crippen molar-refractivity contribution in [2.45, 2.75) is 30.5 Å². The molecule has 6 nitrogen and oxygen atoms in total. The maximum absolute atomic E-state index is 12.4. The van der Waals surface area contributed by atoms with Gasteiger partial charge in [-0.3, -0.25) is 4.79 Å². The lowest BCUT2D eigenvalue weighted by Gasteiger charge is -2.42. The summed E-state index contributed by atoms with van der Waals surface area (Å²) in [5.41, 5.74) is -1.68. The van der Waals surface area contributed by atoms with Gasteiger partial charge < -0.3 is 24.8 Å². The average Bonchev–Trinajstić information content (AvgIpc) is 2.47. The van der Waals surface area contributed by atoms with Crippen LogP contribution >= 0.6 is 0 Å². The van der Waals surface area contributed by atoms with Crippen molar-refractivity contribution in [2.75, 3.05) is 13.7 Å². The molecule has 0 radical (unpaired) electrons. The molecule has 0 unspecified atom stereocenters. The number of ether oxygens (including phenoxy) is 2. The van der Waals surface area contributed by atoms with E-state index >= 15 is 0 Å². The molecule has 1 aliphatic heterocycles. The fourth-order valence-electron chi connectivity index (χ4n) is 2.36. The first-order chi connectivity index (χ1) is 9.52. The van der Waals surface area contributed by atoms with Gasteiger partial charge in [0.15, 0.2) is 17.7 Å². The lowest BCUT2D eigenvalue weighted by molar-refractivity contribution is -0.283. The fourth-order valence-corrected chi connectivity index (χ4v) is 2.36. The first-order valence-corrected chi connectivity index (χ1v) is 6.32. The van der Waals surface area contributed by atoms with E-state index in [-0.39, 0.29) is 6.42 Å². The van der Waals surface area contributed by atoms with Crippen LogP contribution in [0.2, 0.25) is 0 Å². The number of benzene rings is 1. The second-order valence-corrected chi connectivity index (χ2v) is 4.82. The summed E-state index contributed by atoms with van der Waals surface area (Å²) in [6.45, 7) is -0.420. The van der Waals surface area contributed by atoms with E-state index in [2.05, 4.69) is 0 Å². The summed E-state index contributed by atoms with van der Waals surface area (Å²) in [5.74, 6) is -0.583. The number of hydrogen-bond donors (Lipinski definition) is 3. The van der Waals surface area contributed by atoms with Crippen molar-refractivity contribution in [3.05, 3.63) is 35.9 Å². The number of hydrogen-bond acceptors (Lipinski definition) is 6. The number of Topliss-reactive ketones (excluding diaryl/α,β-unsaturated/α-hetero) is 1. The van der Waals surface area contributed by atoms with Crippen LogP contribution in [0.25, 0.3) is 0 Å². The summed E-state index contributed by atoms with van der Waals surface area (Å²) in [5, 5.41) is 29.5. The molecule has 0 aromatic heterocycles. The van der Waals surface area contributed by atoms with Gasteiger partial charge in [0.1, 0.15) is 6.10 Å². The van der Waals surface area contributed by atoms with Gasteiger partial charge in [-0.15, -0.1) is 0 Å². The molecule has 2 rings (SSSR count). The number of aliphatic hydroxyl groups is 3. The van der Waals surface area contributed by atoms with Crippen molar-refractivity contribution in [1.82, 2.24) is 0 Å². The van der Waals surface area contributed by atoms with Crippen molar-refractivity contribution in [3.8, 4) is 0 Å². The summed E-state index contributed by atoms with van der Waals surface area (Å²) in [7, 11) is 1.29. The Balaban J connectivity index is 2.29. The average molecular weight is 282 g/mol. The second kappa shape index (κ2) is 5.99. The lowest BCUT2D eigenvalue weighted by atomic mass is 9.83. The van der Waals surface area contributed by atoms with Crippen molar-refractivity contribution < 1.29 is 29.6 Å². The molecular formula is C14H18O6. The van der Waals surface area contributed by atoms with E-state index in [0.29, 0.717) is 5.56 Å². The van der Waals surface area contributed by atoms with Crippen LogP contribution in [0.15, 0.2) is 30.3 Å². The van der Waals surface area contributed by atoms with E-state index < -0.39 is 36.5 Å². The zero-order valence-corrected chi connectivity index (χ0v) is 11.1. The van der Waals surface area contributed by atoms with Gasteiger partial charge in [0.2, 0.25) is 0 Å². The number of carbonyl (C=O) groups excluding carboxylic acids is 1. The molecule has 1 saturated heterocycles. The predicted octanol–water partition coefficient (Wildman–Crippen LogP) is -0.285. The Morgan fingerprint density at radius 3 is 2.65 bits per heavy atom. The quantitative estimate of drug-likeness (QED) is 0.657. The van der Waals surface area contributed by atoms with Gasteiger partial charge in [0.25, 0.3) is 0 Å². The smallest absolute Gasteiger partial charge is 0.199 e. The van der Waals surface area contributed by atoms with Gasteiger partial charge in [-0.2, -0.15) is 0 Å². The van der Waals surface area contributed by atoms with Gasteiger partial charge >= 0.3 is 0 Å². The van der Waals surface area contributed by atoms with E-state index in [1.165, 1.54) is 7.11 Å². The number of carbonyl (C=O) groups is 1. The molecule has 0 amide bonds. The zero-order valence-electron chi connectivity index (χ0n) is 11.1. The Bertz CT molecular complexity index is 462. The summed E-state index contributed by atoms with van der Waals surface area (Å²) < 4.78 is 10.3. The molecule has 6 heteroatoms. The minimum absolute atomic E-state index is 0.259. The monoisotopic (exact) mass is 282 g/mol. The molecule has 1 aromatic carbocycles. The first kappa shape index (κ1) is 15.1. The third-order valence-corrected chi connectivity index (χ3v) is 3.46. The molecule has 0 bridgehead atoms. The number of rotatable bonds is 4. The number of ketones is 1. The summed E-state index contributed by atoms with van der Waals surface area (Å²) in [4.78, 5) is 12.4. The van der Waals surface area contributed by atoms with E-state index in [1.807, 2.05) is 0 Å². The third kappa shape index (κ3) is 2.61. The van der Waals surface area contributed by atoms with Crippen molar-refractivity contribution in [3.63, 3.8) is 0 Å². The zero-order chi connectivity index (χ0) is 14.8. The highest BCUT2D eigenvalue weighted by Gasteiger charge is 2.52. The number of aliphatic hydroxyl groups excluding tert-OH is 2. The highest BCUT2D eigenvalue weighted by atomic mass is 16.7. The highest BCUT2D eigenvalue weighted by molar-refractivity contribution is 6.02. The fraction of sp³-hybridized carbons (Fsp3) is 0.500. The van der Waals surface area contributed by atoms with Crippen molar-refractivity contribution >= 4 is 5.78 Å². The van der Waals surface area contributed by atoms with E-state index in [4.69, 9.17) is 14.6 Å². The van der Waals surface area contributed by atoms with Gasteiger partial charge in [0.05, 0.1) is 12.7 Å². The van der Waals surface area contributed by atoms with Crippen LogP contribution in [-0.2, 0) is 9.47 Å². The Kier molecular flexibility index (Phi) is 4.52. The van der Waals surface area contributed by atoms with Crippen molar-refractivity contribution in [2.24, 2.45) is 0 Å². The molecular weight excluding hydrogens is 264 g/mol. The Labute approximate surface area is 116 Å². The lowest BCUT2D eigenvalue weighted by Crippen LogP contribution is -2.61. The maximum atomic E-state index is 12.4. The van der Waals surface area contributed by atoms with Crippen LogP contribution in [0, 0.1) is 0 Å². The SMILES string of the molecule is CO[C@H]1O[C@H](CO)[C@@H](O)C[C@]1(O)C(=O)c1ccccc1. The van der Waals surface area contributed by atoms with Crippen LogP contribution in [0.5, 0.6) is 0 Å². The molecule has 20 heavy (non-hydrogen) atoms. The molecule has 1 heterocycles. The molecule has 3 N–H and O–H groups in total. The predicted molar refractivity (Wildman–Crippen MR) is 69.1 cm³/mol. The van der Waals surface area contributed by atoms with Crippen LogP contribution in [0.1, 0.15) is 16.8 Å². The molecule has 0 aliphatic carbocycles. The van der Waals surface area contributed by atoms with Gasteiger partial charge in [0, 0.05) is 19.1 Å². The van der Waals surface area contributed by atoms with E-state index in [0.717, 1.165) is 0 Å². The van der Waals surface area contributed by atoms with Gasteiger partial charge in [-0.05, 0) is 0 Å². The summed E-state index contributed by atoms with van der Waals surface area (Å²) in [6, 6.07) is 8.24. The van der Waals surface area contributed by atoms with Crippen LogP contribution in [-0.4, -0.2) is 58.9 Å². The van der Waals surface area contributed by atoms with E-state index in [1.54, 1.807) is 30.3 Å². The normalized spacial score (nSPS) is 33.9. The Morgan fingerprint density at radius 2 is 2.10 bits per heavy atom. The molecule has 1 aromatic rings. The largest absolute Gasteiger partial charge is 0.394 e. The molecule has 110 valence electrons.